The SMILES string of the molecule is NC(Cc1ccccc1)c1cc(I)ccc1Br. The number of hydrogen-bond acceptors (Lipinski definition) is 1. The molecule has 0 saturated carbocycles. The number of rotatable bonds is 3. The van der Waals surface area contributed by atoms with E-state index in [1.54, 1.807) is 0 Å². The molecule has 1 atom stereocenters. The van der Waals surface area contributed by atoms with Crippen LogP contribution in [0.15, 0.2) is 53.0 Å². The van der Waals surface area contributed by atoms with Gasteiger partial charge < -0.3 is 5.73 Å². The summed E-state index contributed by atoms with van der Waals surface area (Å²) in [7, 11) is 0. The predicted molar refractivity (Wildman–Crippen MR) is 83.9 cm³/mol. The Hall–Kier alpha value is -0.390. The lowest BCUT2D eigenvalue weighted by atomic mass is 10.00. The number of benzene rings is 2. The molecule has 0 aliphatic heterocycles. The second-order valence-electron chi connectivity index (χ2n) is 3.96. The van der Waals surface area contributed by atoms with Crippen molar-refractivity contribution in [1.82, 2.24) is 0 Å². The average molecular weight is 402 g/mol. The van der Waals surface area contributed by atoms with Crippen molar-refractivity contribution >= 4 is 38.5 Å². The highest BCUT2D eigenvalue weighted by molar-refractivity contribution is 14.1. The third kappa shape index (κ3) is 3.53. The first-order chi connectivity index (χ1) is 8.16. The van der Waals surface area contributed by atoms with Crippen LogP contribution in [0, 0.1) is 3.57 Å². The van der Waals surface area contributed by atoms with Gasteiger partial charge in [0.15, 0.2) is 0 Å². The summed E-state index contributed by atoms with van der Waals surface area (Å²) in [5.41, 5.74) is 8.70. The minimum absolute atomic E-state index is 0.0292. The lowest BCUT2D eigenvalue weighted by molar-refractivity contribution is 0.718. The standard InChI is InChI=1S/C14H13BrIN/c15-13-7-6-11(16)9-12(13)14(17)8-10-4-2-1-3-5-10/h1-7,9,14H,8,17H2. The lowest BCUT2D eigenvalue weighted by Crippen LogP contribution is -2.14. The van der Waals surface area contributed by atoms with Crippen LogP contribution in [0.5, 0.6) is 0 Å². The topological polar surface area (TPSA) is 26.0 Å². The summed E-state index contributed by atoms with van der Waals surface area (Å²) in [6.07, 6.45) is 0.861. The van der Waals surface area contributed by atoms with E-state index in [2.05, 4.69) is 68.9 Å². The fourth-order valence-corrected chi connectivity index (χ4v) is 2.83. The Kier molecular flexibility index (Phi) is 4.59. The predicted octanol–water partition coefficient (Wildman–Crippen LogP) is 4.30. The number of nitrogens with two attached hydrogens (primary N) is 1. The molecule has 0 radical (unpaired) electrons. The van der Waals surface area contributed by atoms with Crippen molar-refractivity contribution in [2.45, 2.75) is 12.5 Å². The molecule has 0 aliphatic carbocycles. The van der Waals surface area contributed by atoms with E-state index in [1.807, 2.05) is 18.2 Å². The normalized spacial score (nSPS) is 12.4. The van der Waals surface area contributed by atoms with Crippen LogP contribution in [-0.4, -0.2) is 0 Å². The molecule has 0 saturated heterocycles. The van der Waals surface area contributed by atoms with Gasteiger partial charge in [0.2, 0.25) is 0 Å². The molecule has 0 bridgehead atoms. The van der Waals surface area contributed by atoms with Crippen LogP contribution in [-0.2, 0) is 6.42 Å². The molecule has 1 nitrogen and oxygen atoms in total. The molecule has 17 heavy (non-hydrogen) atoms. The zero-order valence-corrected chi connectivity index (χ0v) is 13.0. The second-order valence-corrected chi connectivity index (χ2v) is 6.06. The van der Waals surface area contributed by atoms with E-state index in [9.17, 15) is 0 Å². The zero-order valence-electron chi connectivity index (χ0n) is 9.24. The van der Waals surface area contributed by atoms with Crippen molar-refractivity contribution in [3.05, 3.63) is 67.7 Å². The average Bonchev–Trinajstić information content (AvgIpc) is 2.33. The van der Waals surface area contributed by atoms with Gasteiger partial charge in [0.1, 0.15) is 0 Å². The second kappa shape index (κ2) is 5.98. The van der Waals surface area contributed by atoms with Gasteiger partial charge in [-0.3, -0.25) is 0 Å². The first-order valence-electron chi connectivity index (χ1n) is 5.41. The summed E-state index contributed by atoms with van der Waals surface area (Å²) >= 11 is 5.87. The van der Waals surface area contributed by atoms with E-state index >= 15 is 0 Å². The molecule has 0 amide bonds. The maximum Gasteiger partial charge on any atom is 0.0347 e. The molecule has 2 rings (SSSR count). The lowest BCUT2D eigenvalue weighted by Gasteiger charge is -2.14. The largest absolute Gasteiger partial charge is 0.324 e. The molecule has 1 unspecified atom stereocenters. The Morgan fingerprint density at radius 1 is 1.12 bits per heavy atom. The molecule has 0 aromatic heterocycles. The van der Waals surface area contributed by atoms with Crippen LogP contribution in [0.3, 0.4) is 0 Å². The first-order valence-corrected chi connectivity index (χ1v) is 7.28. The van der Waals surface area contributed by atoms with E-state index in [0.717, 1.165) is 10.9 Å². The van der Waals surface area contributed by atoms with E-state index in [1.165, 1.54) is 14.7 Å². The van der Waals surface area contributed by atoms with Gasteiger partial charge in [-0.1, -0.05) is 46.3 Å². The summed E-state index contributed by atoms with van der Waals surface area (Å²) in [5, 5.41) is 0. The maximum atomic E-state index is 6.26. The summed E-state index contributed by atoms with van der Waals surface area (Å²) in [6.45, 7) is 0. The van der Waals surface area contributed by atoms with E-state index in [-0.39, 0.29) is 6.04 Å². The van der Waals surface area contributed by atoms with Gasteiger partial charge in [-0.05, 0) is 58.3 Å². The molecule has 2 aromatic rings. The fraction of sp³-hybridized carbons (Fsp3) is 0.143. The molecule has 0 heterocycles. The molecule has 3 heteroatoms. The van der Waals surface area contributed by atoms with Gasteiger partial charge in [0.25, 0.3) is 0 Å². The van der Waals surface area contributed by atoms with Gasteiger partial charge in [-0.15, -0.1) is 0 Å². The minimum Gasteiger partial charge on any atom is -0.324 e. The highest BCUT2D eigenvalue weighted by atomic mass is 127. The molecule has 88 valence electrons. The van der Waals surface area contributed by atoms with Gasteiger partial charge in [-0.2, -0.15) is 0 Å². The van der Waals surface area contributed by atoms with Crippen molar-refractivity contribution in [3.63, 3.8) is 0 Å². The zero-order chi connectivity index (χ0) is 12.3. The van der Waals surface area contributed by atoms with Crippen molar-refractivity contribution in [2.75, 3.05) is 0 Å². The van der Waals surface area contributed by atoms with Crippen LogP contribution in [0.25, 0.3) is 0 Å². The van der Waals surface area contributed by atoms with Gasteiger partial charge >= 0.3 is 0 Å². The van der Waals surface area contributed by atoms with Crippen LogP contribution < -0.4 is 5.73 Å². The van der Waals surface area contributed by atoms with Gasteiger partial charge in [-0.25, -0.2) is 0 Å². The maximum absolute atomic E-state index is 6.26. The molecular formula is C14H13BrIN. The number of halogens is 2. The van der Waals surface area contributed by atoms with E-state index in [4.69, 9.17) is 5.73 Å². The first kappa shape index (κ1) is 13.1. The molecule has 0 fully saturated rings. The summed E-state index contributed by atoms with van der Waals surface area (Å²) < 4.78 is 2.30. The van der Waals surface area contributed by atoms with Crippen molar-refractivity contribution in [2.24, 2.45) is 5.73 Å². The highest BCUT2D eigenvalue weighted by Crippen LogP contribution is 2.26. The molecule has 0 spiro atoms. The third-order valence-electron chi connectivity index (χ3n) is 2.66. The Morgan fingerprint density at radius 3 is 2.53 bits per heavy atom. The third-order valence-corrected chi connectivity index (χ3v) is 4.05. The van der Waals surface area contributed by atoms with Crippen LogP contribution in [0.2, 0.25) is 0 Å². The Balaban J connectivity index is 2.20. The Bertz CT molecular complexity index is 499. The monoisotopic (exact) mass is 401 g/mol. The molecular weight excluding hydrogens is 389 g/mol. The molecule has 2 N–H and O–H groups in total. The van der Waals surface area contributed by atoms with Crippen LogP contribution in [0.1, 0.15) is 17.2 Å². The summed E-state index contributed by atoms with van der Waals surface area (Å²) in [5.74, 6) is 0. The summed E-state index contributed by atoms with van der Waals surface area (Å²) in [4.78, 5) is 0. The minimum atomic E-state index is 0.0292. The fourth-order valence-electron chi connectivity index (χ4n) is 1.78. The highest BCUT2D eigenvalue weighted by Gasteiger charge is 2.10. The van der Waals surface area contributed by atoms with Crippen LogP contribution >= 0.6 is 38.5 Å². The van der Waals surface area contributed by atoms with Crippen molar-refractivity contribution in [3.8, 4) is 0 Å². The number of hydrogen-bond donors (Lipinski definition) is 1. The smallest absolute Gasteiger partial charge is 0.0347 e. The Labute approximate surface area is 124 Å². The quantitative estimate of drug-likeness (QED) is 0.762. The molecule has 0 aliphatic rings. The molecule has 2 aromatic carbocycles. The van der Waals surface area contributed by atoms with E-state index in [0.29, 0.717) is 0 Å². The summed E-state index contributed by atoms with van der Waals surface area (Å²) in [6, 6.07) is 16.6. The van der Waals surface area contributed by atoms with E-state index < -0.39 is 0 Å². The van der Waals surface area contributed by atoms with Crippen molar-refractivity contribution < 1.29 is 0 Å². The Morgan fingerprint density at radius 2 is 1.82 bits per heavy atom. The van der Waals surface area contributed by atoms with Crippen LogP contribution in [0.4, 0.5) is 0 Å². The van der Waals surface area contributed by atoms with Gasteiger partial charge in [0.05, 0.1) is 0 Å². The van der Waals surface area contributed by atoms with Crippen molar-refractivity contribution in [1.29, 1.82) is 0 Å². The van der Waals surface area contributed by atoms with Gasteiger partial charge in [0, 0.05) is 14.1 Å².